The number of hydrogen-bond acceptors (Lipinski definition) is 3. The second kappa shape index (κ2) is 6.01. The summed E-state index contributed by atoms with van der Waals surface area (Å²) in [7, 11) is 1.96. The minimum absolute atomic E-state index is 0.218. The third kappa shape index (κ3) is 3.06. The maximum Gasteiger partial charge on any atom is 0.0540 e. The van der Waals surface area contributed by atoms with Gasteiger partial charge in [0, 0.05) is 24.3 Å². The van der Waals surface area contributed by atoms with E-state index in [0.29, 0.717) is 5.92 Å². The molecule has 3 N–H and O–H groups in total. The van der Waals surface area contributed by atoms with Gasteiger partial charge in [0.1, 0.15) is 0 Å². The first-order chi connectivity index (χ1) is 7.60. The number of nitrogens with one attached hydrogen (secondary N) is 1. The molecule has 0 saturated carbocycles. The molecule has 0 saturated heterocycles. The molecule has 0 aliphatic carbocycles. The summed E-state index contributed by atoms with van der Waals surface area (Å²) in [5, 5.41) is 4.26. The zero-order chi connectivity index (χ0) is 12.1. The molecule has 1 heterocycles. The summed E-state index contributed by atoms with van der Waals surface area (Å²) in [5.74, 6) is 6.33. The van der Waals surface area contributed by atoms with E-state index >= 15 is 0 Å². The van der Waals surface area contributed by atoms with Crippen molar-refractivity contribution in [1.82, 2.24) is 15.2 Å². The highest BCUT2D eigenvalue weighted by atomic mass is 15.3. The lowest BCUT2D eigenvalue weighted by atomic mass is 9.94. The van der Waals surface area contributed by atoms with Crippen LogP contribution in [0.1, 0.15) is 50.4 Å². The lowest BCUT2D eigenvalue weighted by molar-refractivity contribution is 0.393. The van der Waals surface area contributed by atoms with E-state index in [9.17, 15) is 0 Å². The number of hydrogen-bond donors (Lipinski definition) is 2. The molecule has 0 amide bonds. The van der Waals surface area contributed by atoms with E-state index in [1.165, 1.54) is 24.1 Å². The van der Waals surface area contributed by atoms with E-state index < -0.39 is 0 Å². The average molecular weight is 224 g/mol. The van der Waals surface area contributed by atoms with Crippen molar-refractivity contribution in [3.8, 4) is 0 Å². The lowest BCUT2D eigenvalue weighted by Crippen LogP contribution is -2.29. The molecule has 1 aromatic rings. The Hall–Kier alpha value is -0.870. The van der Waals surface area contributed by atoms with Crippen LogP contribution in [0.4, 0.5) is 0 Å². The van der Waals surface area contributed by atoms with Crippen molar-refractivity contribution in [2.24, 2.45) is 18.8 Å². The van der Waals surface area contributed by atoms with Crippen molar-refractivity contribution >= 4 is 0 Å². The SMILES string of the molecule is CCCC(C)CC(NN)c1cnn(C)c1C. The maximum atomic E-state index is 5.64. The Labute approximate surface area is 98.2 Å². The summed E-state index contributed by atoms with van der Waals surface area (Å²) < 4.78 is 1.89. The molecular weight excluding hydrogens is 200 g/mol. The van der Waals surface area contributed by atoms with E-state index in [4.69, 9.17) is 5.84 Å². The van der Waals surface area contributed by atoms with Gasteiger partial charge in [-0.05, 0) is 19.3 Å². The second-order valence-electron chi connectivity index (χ2n) is 4.66. The van der Waals surface area contributed by atoms with E-state index in [-0.39, 0.29) is 6.04 Å². The van der Waals surface area contributed by atoms with Gasteiger partial charge < -0.3 is 0 Å². The van der Waals surface area contributed by atoms with E-state index in [1.807, 2.05) is 17.9 Å². The van der Waals surface area contributed by atoms with Crippen LogP contribution in [0.25, 0.3) is 0 Å². The van der Waals surface area contributed by atoms with E-state index in [0.717, 1.165) is 6.42 Å². The zero-order valence-corrected chi connectivity index (χ0v) is 10.8. The molecule has 0 aliphatic rings. The molecule has 4 heteroatoms. The van der Waals surface area contributed by atoms with Crippen LogP contribution in [0.3, 0.4) is 0 Å². The fourth-order valence-corrected chi connectivity index (χ4v) is 2.16. The van der Waals surface area contributed by atoms with Crippen LogP contribution >= 0.6 is 0 Å². The molecule has 0 aliphatic heterocycles. The van der Waals surface area contributed by atoms with Crippen LogP contribution in [0.15, 0.2) is 6.20 Å². The number of nitrogens with two attached hydrogens (primary N) is 1. The molecule has 2 atom stereocenters. The first-order valence-corrected chi connectivity index (χ1v) is 6.04. The second-order valence-corrected chi connectivity index (χ2v) is 4.66. The van der Waals surface area contributed by atoms with Gasteiger partial charge in [0.25, 0.3) is 0 Å². The van der Waals surface area contributed by atoms with Crippen molar-refractivity contribution in [2.75, 3.05) is 0 Å². The van der Waals surface area contributed by atoms with Gasteiger partial charge in [0.15, 0.2) is 0 Å². The summed E-state index contributed by atoms with van der Waals surface area (Å²) >= 11 is 0. The number of hydrazine groups is 1. The van der Waals surface area contributed by atoms with Crippen molar-refractivity contribution in [3.05, 3.63) is 17.5 Å². The van der Waals surface area contributed by atoms with Crippen molar-refractivity contribution in [2.45, 2.75) is 46.1 Å². The quantitative estimate of drug-likeness (QED) is 0.574. The first kappa shape index (κ1) is 13.2. The third-order valence-corrected chi connectivity index (χ3v) is 3.27. The topological polar surface area (TPSA) is 55.9 Å². The normalized spacial score (nSPS) is 15.1. The molecule has 0 radical (unpaired) electrons. The highest BCUT2D eigenvalue weighted by Gasteiger charge is 2.17. The maximum absolute atomic E-state index is 5.64. The van der Waals surface area contributed by atoms with Crippen molar-refractivity contribution < 1.29 is 0 Å². The highest BCUT2D eigenvalue weighted by molar-refractivity contribution is 5.20. The summed E-state index contributed by atoms with van der Waals surface area (Å²) in [6.45, 7) is 6.58. The van der Waals surface area contributed by atoms with Gasteiger partial charge in [-0.3, -0.25) is 16.0 Å². The summed E-state index contributed by atoms with van der Waals surface area (Å²) in [4.78, 5) is 0. The lowest BCUT2D eigenvalue weighted by Gasteiger charge is -2.19. The van der Waals surface area contributed by atoms with Gasteiger partial charge >= 0.3 is 0 Å². The smallest absolute Gasteiger partial charge is 0.0540 e. The third-order valence-electron chi connectivity index (χ3n) is 3.27. The van der Waals surface area contributed by atoms with E-state index in [1.54, 1.807) is 0 Å². The predicted molar refractivity (Wildman–Crippen MR) is 66.7 cm³/mol. The summed E-state index contributed by atoms with van der Waals surface area (Å²) in [6.07, 6.45) is 5.46. The summed E-state index contributed by atoms with van der Waals surface area (Å²) in [5.41, 5.74) is 5.31. The number of rotatable bonds is 6. The molecule has 0 bridgehead atoms. The fraction of sp³-hybridized carbons (Fsp3) is 0.750. The van der Waals surface area contributed by atoms with Gasteiger partial charge in [0.2, 0.25) is 0 Å². The number of aryl methyl sites for hydroxylation is 1. The molecule has 16 heavy (non-hydrogen) atoms. The average Bonchev–Trinajstić information content (AvgIpc) is 2.57. The molecule has 92 valence electrons. The Kier molecular flexibility index (Phi) is 4.96. The standard InChI is InChI=1S/C12H24N4/c1-5-6-9(2)7-12(15-13)11-8-14-16(4)10(11)3/h8-9,12,15H,5-7,13H2,1-4H3. The molecule has 1 rings (SSSR count). The van der Waals surface area contributed by atoms with Gasteiger partial charge in [-0.25, -0.2) is 0 Å². The molecule has 2 unspecified atom stereocenters. The minimum atomic E-state index is 0.218. The Bertz CT molecular complexity index is 319. The van der Waals surface area contributed by atoms with Crippen LogP contribution in [-0.2, 0) is 7.05 Å². The van der Waals surface area contributed by atoms with E-state index in [2.05, 4.69) is 31.3 Å². The molecule has 0 spiro atoms. The van der Waals surface area contributed by atoms with Crippen LogP contribution in [0, 0.1) is 12.8 Å². The van der Waals surface area contributed by atoms with Crippen molar-refractivity contribution in [3.63, 3.8) is 0 Å². The monoisotopic (exact) mass is 224 g/mol. The summed E-state index contributed by atoms with van der Waals surface area (Å²) in [6, 6.07) is 0.218. The van der Waals surface area contributed by atoms with Gasteiger partial charge in [0.05, 0.1) is 6.20 Å². The molecule has 4 nitrogen and oxygen atoms in total. The van der Waals surface area contributed by atoms with Crippen LogP contribution in [-0.4, -0.2) is 9.78 Å². The predicted octanol–water partition coefficient (Wildman–Crippen LogP) is 2.06. The Morgan fingerprint density at radius 3 is 2.69 bits per heavy atom. The Balaban J connectivity index is 2.71. The zero-order valence-electron chi connectivity index (χ0n) is 10.8. The van der Waals surface area contributed by atoms with Gasteiger partial charge in [-0.15, -0.1) is 0 Å². The van der Waals surface area contributed by atoms with Crippen LogP contribution in [0.5, 0.6) is 0 Å². The largest absolute Gasteiger partial charge is 0.273 e. The van der Waals surface area contributed by atoms with Crippen molar-refractivity contribution in [1.29, 1.82) is 0 Å². The fourth-order valence-electron chi connectivity index (χ4n) is 2.16. The highest BCUT2D eigenvalue weighted by Crippen LogP contribution is 2.25. The number of aromatic nitrogens is 2. The van der Waals surface area contributed by atoms with Crippen LogP contribution < -0.4 is 11.3 Å². The van der Waals surface area contributed by atoms with Crippen LogP contribution in [0.2, 0.25) is 0 Å². The van der Waals surface area contributed by atoms with Gasteiger partial charge in [-0.2, -0.15) is 5.10 Å². The Morgan fingerprint density at radius 2 is 2.25 bits per heavy atom. The Morgan fingerprint density at radius 1 is 1.56 bits per heavy atom. The molecule has 1 aromatic heterocycles. The molecule has 0 aromatic carbocycles. The molecular formula is C12H24N4. The molecule has 0 fully saturated rings. The van der Waals surface area contributed by atoms with Gasteiger partial charge in [-0.1, -0.05) is 26.7 Å². The minimum Gasteiger partial charge on any atom is -0.273 e. The first-order valence-electron chi connectivity index (χ1n) is 6.04. The number of nitrogens with zero attached hydrogens (tertiary/aromatic N) is 2.